The Balaban J connectivity index is 1.45. The van der Waals surface area contributed by atoms with Gasteiger partial charge < -0.3 is 10.6 Å². The minimum atomic E-state index is -0.0980. The Kier molecular flexibility index (Phi) is 5.47. The summed E-state index contributed by atoms with van der Waals surface area (Å²) in [5, 5.41) is 14.1. The molecule has 126 valence electrons. The Bertz CT molecular complexity index is 726. The molecule has 2 aromatic rings. The van der Waals surface area contributed by atoms with E-state index in [1.807, 2.05) is 31.2 Å². The van der Waals surface area contributed by atoms with Crippen molar-refractivity contribution in [3.05, 3.63) is 29.8 Å². The number of rotatable bonds is 6. The van der Waals surface area contributed by atoms with E-state index in [1.54, 1.807) is 0 Å². The lowest BCUT2D eigenvalue weighted by molar-refractivity contribution is -0.122. The molecule has 8 heteroatoms. The highest BCUT2D eigenvalue weighted by atomic mass is 32.2. The summed E-state index contributed by atoms with van der Waals surface area (Å²) in [6.45, 7) is 2.00. The number of hydrogen-bond acceptors (Lipinski definition) is 6. The van der Waals surface area contributed by atoms with Crippen LogP contribution in [0.2, 0.25) is 0 Å². The predicted molar refractivity (Wildman–Crippen MR) is 96.4 cm³/mol. The van der Waals surface area contributed by atoms with Crippen molar-refractivity contribution in [1.82, 2.24) is 10.2 Å². The second-order valence-electron chi connectivity index (χ2n) is 5.69. The molecule has 0 atom stereocenters. The molecule has 0 spiro atoms. The van der Waals surface area contributed by atoms with Crippen LogP contribution in [0.25, 0.3) is 0 Å². The van der Waals surface area contributed by atoms with Crippen LogP contribution in [-0.4, -0.2) is 27.8 Å². The van der Waals surface area contributed by atoms with Crippen LogP contribution in [-0.2, 0) is 9.59 Å². The molecule has 1 heterocycles. The van der Waals surface area contributed by atoms with Gasteiger partial charge in [-0.1, -0.05) is 47.2 Å². The summed E-state index contributed by atoms with van der Waals surface area (Å²) < 4.78 is 0.665. The quantitative estimate of drug-likeness (QED) is 0.608. The van der Waals surface area contributed by atoms with Gasteiger partial charge in [0.1, 0.15) is 0 Å². The SMILES string of the molecule is Cc1ccc(NC(=O)CSc2nnc(NC(=O)C3CCC3)s2)cc1. The van der Waals surface area contributed by atoms with Crippen LogP contribution in [0.3, 0.4) is 0 Å². The Morgan fingerprint density at radius 1 is 1.21 bits per heavy atom. The van der Waals surface area contributed by atoms with Crippen LogP contribution in [0.4, 0.5) is 10.8 Å². The van der Waals surface area contributed by atoms with Crippen molar-refractivity contribution in [2.24, 2.45) is 5.92 Å². The maximum Gasteiger partial charge on any atom is 0.234 e. The lowest BCUT2D eigenvalue weighted by Crippen LogP contribution is -2.27. The number of aryl methyl sites for hydroxylation is 1. The minimum Gasteiger partial charge on any atom is -0.325 e. The summed E-state index contributed by atoms with van der Waals surface area (Å²) in [4.78, 5) is 23.8. The Labute approximate surface area is 148 Å². The Hall–Kier alpha value is -1.93. The average molecular weight is 362 g/mol. The second-order valence-corrected chi connectivity index (χ2v) is 7.89. The molecule has 1 fully saturated rings. The van der Waals surface area contributed by atoms with E-state index in [4.69, 9.17) is 0 Å². The first kappa shape index (κ1) is 16.9. The molecule has 1 aromatic carbocycles. The van der Waals surface area contributed by atoms with Crippen LogP contribution in [0.1, 0.15) is 24.8 Å². The third-order valence-electron chi connectivity index (χ3n) is 3.77. The third-order valence-corrected chi connectivity index (χ3v) is 5.75. The molecular formula is C16H18N4O2S2. The van der Waals surface area contributed by atoms with Gasteiger partial charge in [-0.15, -0.1) is 10.2 Å². The molecule has 1 aliphatic rings. The molecule has 0 radical (unpaired) electrons. The van der Waals surface area contributed by atoms with Crippen LogP contribution >= 0.6 is 23.1 Å². The van der Waals surface area contributed by atoms with Crippen molar-refractivity contribution in [2.45, 2.75) is 30.5 Å². The number of nitrogens with one attached hydrogen (secondary N) is 2. The lowest BCUT2D eigenvalue weighted by atomic mass is 9.85. The molecule has 2 N–H and O–H groups in total. The highest BCUT2D eigenvalue weighted by Gasteiger charge is 2.26. The number of anilines is 2. The average Bonchev–Trinajstić information content (AvgIpc) is 2.93. The van der Waals surface area contributed by atoms with Crippen molar-refractivity contribution in [3.8, 4) is 0 Å². The van der Waals surface area contributed by atoms with E-state index in [2.05, 4.69) is 20.8 Å². The van der Waals surface area contributed by atoms with Gasteiger partial charge in [-0.05, 0) is 31.9 Å². The standard InChI is InChI=1S/C16H18N4O2S2/c1-10-5-7-12(8-6-10)17-13(21)9-23-16-20-19-15(24-16)18-14(22)11-3-2-4-11/h5-8,11H,2-4,9H2,1H3,(H,17,21)(H,18,19,22). The first-order valence-corrected chi connectivity index (χ1v) is 9.54. The van der Waals surface area contributed by atoms with Crippen LogP contribution in [0.5, 0.6) is 0 Å². The fraction of sp³-hybridized carbons (Fsp3) is 0.375. The van der Waals surface area contributed by atoms with E-state index in [9.17, 15) is 9.59 Å². The van der Waals surface area contributed by atoms with Gasteiger partial charge in [0.15, 0.2) is 4.34 Å². The number of nitrogens with zero attached hydrogens (tertiary/aromatic N) is 2. The predicted octanol–water partition coefficient (Wildman–Crippen LogP) is 3.32. The highest BCUT2D eigenvalue weighted by molar-refractivity contribution is 8.01. The smallest absolute Gasteiger partial charge is 0.234 e. The number of carbonyl (C=O) groups excluding carboxylic acids is 2. The summed E-state index contributed by atoms with van der Waals surface area (Å²) in [7, 11) is 0. The molecule has 0 unspecified atom stereocenters. The molecule has 0 saturated heterocycles. The summed E-state index contributed by atoms with van der Waals surface area (Å²) >= 11 is 2.60. The summed E-state index contributed by atoms with van der Waals surface area (Å²) in [5.74, 6) is 0.287. The van der Waals surface area contributed by atoms with Crippen molar-refractivity contribution >= 4 is 45.7 Å². The topological polar surface area (TPSA) is 84.0 Å². The van der Waals surface area contributed by atoms with Crippen LogP contribution < -0.4 is 10.6 Å². The molecule has 24 heavy (non-hydrogen) atoms. The van der Waals surface area contributed by atoms with Gasteiger partial charge in [-0.25, -0.2) is 0 Å². The van der Waals surface area contributed by atoms with E-state index in [0.29, 0.717) is 9.47 Å². The first-order valence-electron chi connectivity index (χ1n) is 7.74. The molecule has 1 aliphatic carbocycles. The molecule has 1 saturated carbocycles. The zero-order chi connectivity index (χ0) is 16.9. The fourth-order valence-electron chi connectivity index (χ4n) is 2.16. The van der Waals surface area contributed by atoms with Gasteiger partial charge in [0.25, 0.3) is 0 Å². The van der Waals surface area contributed by atoms with Crippen LogP contribution in [0, 0.1) is 12.8 Å². The van der Waals surface area contributed by atoms with Gasteiger partial charge in [0, 0.05) is 11.6 Å². The third kappa shape index (κ3) is 4.55. The summed E-state index contributed by atoms with van der Waals surface area (Å²) in [6, 6.07) is 7.64. The molecule has 2 amide bonds. The van der Waals surface area contributed by atoms with Crippen molar-refractivity contribution in [1.29, 1.82) is 0 Å². The first-order chi connectivity index (χ1) is 11.6. The monoisotopic (exact) mass is 362 g/mol. The molecule has 3 rings (SSSR count). The zero-order valence-corrected chi connectivity index (χ0v) is 14.9. The van der Waals surface area contributed by atoms with E-state index < -0.39 is 0 Å². The molecule has 6 nitrogen and oxygen atoms in total. The molecular weight excluding hydrogens is 344 g/mol. The minimum absolute atomic E-state index is 0.0195. The number of hydrogen-bond donors (Lipinski definition) is 2. The van der Waals surface area contributed by atoms with E-state index in [1.165, 1.54) is 23.1 Å². The maximum atomic E-state index is 11.9. The van der Waals surface area contributed by atoms with Gasteiger partial charge in [0.2, 0.25) is 16.9 Å². The second kappa shape index (κ2) is 7.76. The van der Waals surface area contributed by atoms with Gasteiger partial charge in [-0.3, -0.25) is 9.59 Å². The number of benzene rings is 1. The summed E-state index contributed by atoms with van der Waals surface area (Å²) in [5.41, 5.74) is 1.92. The lowest BCUT2D eigenvalue weighted by Gasteiger charge is -2.23. The molecule has 1 aromatic heterocycles. The van der Waals surface area contributed by atoms with E-state index in [0.717, 1.165) is 30.5 Å². The number of carbonyl (C=O) groups is 2. The Morgan fingerprint density at radius 3 is 2.62 bits per heavy atom. The van der Waals surface area contributed by atoms with Gasteiger partial charge >= 0.3 is 0 Å². The normalized spacial score (nSPS) is 14.0. The largest absolute Gasteiger partial charge is 0.325 e. The highest BCUT2D eigenvalue weighted by Crippen LogP contribution is 2.30. The zero-order valence-electron chi connectivity index (χ0n) is 13.2. The fourth-order valence-corrected chi connectivity index (χ4v) is 3.71. The summed E-state index contributed by atoms with van der Waals surface area (Å²) in [6.07, 6.45) is 3.02. The van der Waals surface area contributed by atoms with Gasteiger partial charge in [-0.2, -0.15) is 0 Å². The van der Waals surface area contributed by atoms with E-state index >= 15 is 0 Å². The van der Waals surface area contributed by atoms with Crippen molar-refractivity contribution in [2.75, 3.05) is 16.4 Å². The van der Waals surface area contributed by atoms with Gasteiger partial charge in [0.05, 0.1) is 5.75 Å². The number of aromatic nitrogens is 2. The maximum absolute atomic E-state index is 11.9. The number of thioether (sulfide) groups is 1. The molecule has 0 bridgehead atoms. The Morgan fingerprint density at radius 2 is 1.96 bits per heavy atom. The van der Waals surface area contributed by atoms with E-state index in [-0.39, 0.29) is 23.5 Å². The van der Waals surface area contributed by atoms with Crippen molar-refractivity contribution in [3.63, 3.8) is 0 Å². The van der Waals surface area contributed by atoms with Crippen LogP contribution in [0.15, 0.2) is 28.6 Å². The van der Waals surface area contributed by atoms with Crippen molar-refractivity contribution < 1.29 is 9.59 Å². The molecule has 0 aliphatic heterocycles. The number of amides is 2.